The molecule has 0 bridgehead atoms. The topological polar surface area (TPSA) is 30.7 Å². The van der Waals surface area contributed by atoms with E-state index in [4.69, 9.17) is 11.6 Å². The molecule has 0 saturated carbocycles. The average Bonchev–Trinajstić information content (AvgIpc) is 2.95. The van der Waals surface area contributed by atoms with Crippen molar-refractivity contribution in [2.45, 2.75) is 12.1 Å². The van der Waals surface area contributed by atoms with E-state index in [1.807, 2.05) is 18.2 Å². The molecule has 108 valence electrons. The Morgan fingerprint density at radius 3 is 2.57 bits per heavy atom. The Hall–Kier alpha value is -2.08. The Balaban J connectivity index is 2.17. The summed E-state index contributed by atoms with van der Waals surface area (Å²) >= 11 is 5.88. The van der Waals surface area contributed by atoms with Gasteiger partial charge in [0.2, 0.25) is 0 Å². The van der Waals surface area contributed by atoms with E-state index in [0.29, 0.717) is 16.9 Å². The van der Waals surface area contributed by atoms with Gasteiger partial charge < -0.3 is 0 Å². The molecule has 0 aliphatic heterocycles. The maximum absolute atomic E-state index is 12.6. The van der Waals surface area contributed by atoms with Gasteiger partial charge in [-0.25, -0.2) is 9.67 Å². The smallest absolute Gasteiger partial charge is 0.228 e. The number of hydrogen-bond donors (Lipinski definition) is 0. The predicted molar refractivity (Wildman–Crippen MR) is 73.4 cm³/mol. The summed E-state index contributed by atoms with van der Waals surface area (Å²) in [7, 11) is 0. The largest absolute Gasteiger partial charge is 0.435 e. The normalized spacial score (nSPS) is 12.0. The van der Waals surface area contributed by atoms with Gasteiger partial charge >= 0.3 is 6.18 Å². The Bertz CT molecular complexity index is 796. The second-order valence-corrected chi connectivity index (χ2v) is 4.71. The average molecular weight is 312 g/mol. The minimum Gasteiger partial charge on any atom is -0.228 e. The number of benzene rings is 1. The molecular weight excluding hydrogens is 303 g/mol. The van der Waals surface area contributed by atoms with Crippen LogP contribution in [0.2, 0.25) is 0 Å². The van der Waals surface area contributed by atoms with Crippen LogP contribution in [0, 0.1) is 0 Å². The third kappa shape index (κ3) is 2.58. The van der Waals surface area contributed by atoms with Crippen LogP contribution in [-0.4, -0.2) is 14.8 Å². The lowest BCUT2D eigenvalue weighted by molar-refractivity contribution is -0.141. The molecule has 0 unspecified atom stereocenters. The molecule has 3 rings (SSSR count). The van der Waals surface area contributed by atoms with Crippen LogP contribution in [0.4, 0.5) is 13.2 Å². The molecule has 21 heavy (non-hydrogen) atoms. The summed E-state index contributed by atoms with van der Waals surface area (Å²) in [4.78, 5) is 4.36. The number of hydrogen-bond acceptors (Lipinski definition) is 2. The summed E-state index contributed by atoms with van der Waals surface area (Å²) in [6.07, 6.45) is -3.25. The molecule has 2 heterocycles. The molecule has 3 aromatic rings. The van der Waals surface area contributed by atoms with Crippen molar-refractivity contribution in [1.82, 2.24) is 14.8 Å². The van der Waals surface area contributed by atoms with Gasteiger partial charge in [0.05, 0.1) is 11.4 Å². The molecule has 1 aromatic carbocycles. The van der Waals surface area contributed by atoms with Crippen LogP contribution in [0.5, 0.6) is 0 Å². The van der Waals surface area contributed by atoms with Crippen molar-refractivity contribution in [3.8, 4) is 5.82 Å². The van der Waals surface area contributed by atoms with E-state index >= 15 is 0 Å². The van der Waals surface area contributed by atoms with Crippen LogP contribution in [0.15, 0.2) is 42.6 Å². The zero-order chi connectivity index (χ0) is 15.0. The van der Waals surface area contributed by atoms with Crippen molar-refractivity contribution in [1.29, 1.82) is 0 Å². The molecule has 0 aliphatic rings. The van der Waals surface area contributed by atoms with E-state index in [9.17, 15) is 13.2 Å². The van der Waals surface area contributed by atoms with Crippen LogP contribution in [-0.2, 0) is 12.1 Å². The first-order valence-electron chi connectivity index (χ1n) is 6.07. The first kappa shape index (κ1) is 13.9. The van der Waals surface area contributed by atoms with Gasteiger partial charge in [0.25, 0.3) is 0 Å². The molecule has 2 aromatic heterocycles. The lowest BCUT2D eigenvalue weighted by atomic mass is 10.1. The van der Waals surface area contributed by atoms with E-state index in [1.165, 1.54) is 6.20 Å². The van der Waals surface area contributed by atoms with Crippen molar-refractivity contribution >= 4 is 22.5 Å². The van der Waals surface area contributed by atoms with Crippen molar-refractivity contribution in [3.63, 3.8) is 0 Å². The van der Waals surface area contributed by atoms with Gasteiger partial charge in [-0.05, 0) is 18.2 Å². The summed E-state index contributed by atoms with van der Waals surface area (Å²) in [6.45, 7) is 0. The number of aromatic nitrogens is 3. The molecule has 0 spiro atoms. The fourth-order valence-electron chi connectivity index (χ4n) is 2.04. The summed E-state index contributed by atoms with van der Waals surface area (Å²) < 4.78 is 39.0. The number of pyridine rings is 1. The minimum atomic E-state index is -4.48. The van der Waals surface area contributed by atoms with Gasteiger partial charge in [0.15, 0.2) is 11.5 Å². The fraction of sp³-hybridized carbons (Fsp3) is 0.143. The molecular formula is C14H9ClF3N3. The van der Waals surface area contributed by atoms with Crippen molar-refractivity contribution in [3.05, 3.63) is 53.9 Å². The van der Waals surface area contributed by atoms with E-state index in [1.54, 1.807) is 12.1 Å². The second-order valence-electron chi connectivity index (χ2n) is 4.44. The zero-order valence-electron chi connectivity index (χ0n) is 10.6. The van der Waals surface area contributed by atoms with Crippen LogP contribution in [0.25, 0.3) is 16.7 Å². The van der Waals surface area contributed by atoms with Gasteiger partial charge in [-0.3, -0.25) is 0 Å². The number of alkyl halides is 4. The summed E-state index contributed by atoms with van der Waals surface area (Å²) in [5, 5.41) is 4.41. The van der Waals surface area contributed by atoms with Gasteiger partial charge in [0.1, 0.15) is 0 Å². The quantitative estimate of drug-likeness (QED) is 0.665. The first-order valence-corrected chi connectivity index (χ1v) is 6.60. The predicted octanol–water partition coefficient (Wildman–Crippen LogP) is 4.18. The number of fused-ring (bicyclic) bond motifs is 1. The molecule has 0 N–H and O–H groups in total. The minimum absolute atomic E-state index is 0.133. The van der Waals surface area contributed by atoms with Crippen LogP contribution >= 0.6 is 11.6 Å². The molecule has 0 aliphatic carbocycles. The summed E-state index contributed by atoms with van der Waals surface area (Å²) in [5.74, 6) is 0.438. The molecule has 0 radical (unpaired) electrons. The molecule has 7 heteroatoms. The Kier molecular flexibility index (Phi) is 3.33. The van der Waals surface area contributed by atoms with Gasteiger partial charge in [0, 0.05) is 17.1 Å². The Morgan fingerprint density at radius 2 is 1.90 bits per heavy atom. The van der Waals surface area contributed by atoms with E-state index in [2.05, 4.69) is 10.1 Å². The number of rotatable bonds is 2. The summed E-state index contributed by atoms with van der Waals surface area (Å²) in [6, 6.07) is 10.0. The highest BCUT2D eigenvalue weighted by Gasteiger charge is 2.33. The van der Waals surface area contributed by atoms with Crippen molar-refractivity contribution in [2.75, 3.05) is 0 Å². The third-order valence-corrected chi connectivity index (χ3v) is 3.31. The maximum atomic E-state index is 12.6. The van der Waals surface area contributed by atoms with Crippen molar-refractivity contribution in [2.24, 2.45) is 0 Å². The SMILES string of the molecule is FC(F)(F)c1ccn(-c2nc3ccccc3cc2CCl)n1. The Morgan fingerprint density at radius 1 is 1.14 bits per heavy atom. The summed E-state index contributed by atoms with van der Waals surface area (Å²) in [5.41, 5.74) is 0.329. The van der Waals surface area contributed by atoms with Crippen LogP contribution < -0.4 is 0 Å². The molecule has 0 amide bonds. The second kappa shape index (κ2) is 5.04. The monoisotopic (exact) mass is 311 g/mol. The molecule has 0 atom stereocenters. The highest BCUT2D eigenvalue weighted by molar-refractivity contribution is 6.17. The number of nitrogens with zero attached hydrogens (tertiary/aromatic N) is 3. The van der Waals surface area contributed by atoms with Crippen molar-refractivity contribution < 1.29 is 13.2 Å². The third-order valence-electron chi connectivity index (χ3n) is 3.02. The standard InChI is InChI=1S/C14H9ClF3N3/c15-8-10-7-9-3-1-2-4-11(9)19-13(10)21-6-5-12(20-21)14(16,17)18/h1-7H,8H2. The lowest BCUT2D eigenvalue weighted by Gasteiger charge is -2.08. The van der Waals surface area contributed by atoms with Gasteiger partial charge in [-0.1, -0.05) is 18.2 Å². The highest BCUT2D eigenvalue weighted by atomic mass is 35.5. The van der Waals surface area contributed by atoms with E-state index in [0.717, 1.165) is 16.1 Å². The first-order chi connectivity index (χ1) is 9.99. The van der Waals surface area contributed by atoms with E-state index < -0.39 is 11.9 Å². The highest BCUT2D eigenvalue weighted by Crippen LogP contribution is 2.28. The number of halogens is 4. The molecule has 0 fully saturated rings. The van der Waals surface area contributed by atoms with Gasteiger partial charge in [-0.2, -0.15) is 18.3 Å². The van der Waals surface area contributed by atoms with Crippen LogP contribution in [0.3, 0.4) is 0 Å². The molecule has 0 saturated heterocycles. The van der Waals surface area contributed by atoms with E-state index in [-0.39, 0.29) is 5.88 Å². The lowest BCUT2D eigenvalue weighted by Crippen LogP contribution is -2.09. The zero-order valence-corrected chi connectivity index (χ0v) is 11.4. The number of para-hydroxylation sites is 1. The maximum Gasteiger partial charge on any atom is 0.435 e. The van der Waals surface area contributed by atoms with Crippen LogP contribution in [0.1, 0.15) is 11.3 Å². The fourth-order valence-corrected chi connectivity index (χ4v) is 2.24. The Labute approximate surface area is 123 Å². The van der Waals surface area contributed by atoms with Gasteiger partial charge in [-0.15, -0.1) is 11.6 Å². The molecule has 3 nitrogen and oxygen atoms in total.